The zero-order chi connectivity index (χ0) is 36.1. The van der Waals surface area contributed by atoms with Gasteiger partial charge in [-0.25, -0.2) is 27.2 Å². The molecule has 6 aliphatic rings. The Morgan fingerprint density at radius 3 is 1.24 bits per heavy atom. The van der Waals surface area contributed by atoms with Crippen LogP contribution < -0.4 is 10.6 Å². The van der Waals surface area contributed by atoms with Gasteiger partial charge in [0.05, 0.1) is 13.1 Å². The van der Waals surface area contributed by atoms with Crippen molar-refractivity contribution in [2.45, 2.75) is 104 Å². The smallest absolute Gasteiger partial charge is 0.410 e. The summed E-state index contributed by atoms with van der Waals surface area (Å²) in [5.41, 5.74) is 0.160. The van der Waals surface area contributed by atoms with Crippen molar-refractivity contribution in [1.82, 2.24) is 30.2 Å². The normalized spacial score (nSPS) is 24.7. The maximum absolute atomic E-state index is 12.3. The number of carbonyl (C=O) groups is 2. The van der Waals surface area contributed by atoms with E-state index in [1.807, 2.05) is 51.3 Å². The summed E-state index contributed by atoms with van der Waals surface area (Å²) >= 11 is 0. The fourth-order valence-corrected chi connectivity index (χ4v) is 7.86. The molecule has 6 saturated heterocycles. The molecule has 6 aliphatic heterocycles. The molecule has 2 N–H and O–H groups in total. The zero-order valence-electron chi connectivity index (χ0n) is 30.7. The highest BCUT2D eigenvalue weighted by Crippen LogP contribution is 2.41. The van der Waals surface area contributed by atoms with Crippen molar-refractivity contribution in [2.75, 3.05) is 91.6 Å². The van der Waals surface area contributed by atoms with E-state index in [9.17, 15) is 27.2 Å². The lowest BCUT2D eigenvalue weighted by molar-refractivity contribution is -0.0700. The number of hydrogen-bond acceptors (Lipinski definition) is 8. The Bertz CT molecular complexity index is 1060. The number of amides is 2. The molecule has 0 unspecified atom stereocenters. The number of nitrogens with one attached hydrogen (secondary N) is 2. The molecule has 0 aliphatic carbocycles. The summed E-state index contributed by atoms with van der Waals surface area (Å²) in [5.74, 6) is 0. The standard InChI is InChI=1S/C14H24F2N2O2.C12H22N2O2.C9H16F2N2/c1-13(2,3)20-12(19)18-6-4-14(5-7-18)9-17(10-14)8-11(15)16;1-11(2,3)16-10(15)14-6-4-12(5-7-14)8-13-9-12;10-8(11)5-13-6-9(7-13)1-3-12-4-2-9/h11H,4-10H2,1-3H3;13H,4-9H2,1-3H3;8,12H,1-7H2. The van der Waals surface area contributed by atoms with E-state index >= 15 is 0 Å². The van der Waals surface area contributed by atoms with Crippen molar-refractivity contribution >= 4 is 12.2 Å². The van der Waals surface area contributed by atoms with E-state index in [-0.39, 0.29) is 36.3 Å². The van der Waals surface area contributed by atoms with Crippen LogP contribution in [0.2, 0.25) is 0 Å². The molecular formula is C35H62F4N6O4. The monoisotopic (exact) mass is 706 g/mol. The second kappa shape index (κ2) is 16.2. The van der Waals surface area contributed by atoms with Gasteiger partial charge in [-0.05, 0) is 109 Å². The maximum Gasteiger partial charge on any atom is 0.410 e. The SMILES string of the molecule is CC(C)(C)OC(=O)N1CCC2(CC1)CN(CC(F)F)C2.CC(C)(C)OC(=O)N1CCC2(CC1)CNC2.FC(F)CN1CC2(CCNCC2)C1. The van der Waals surface area contributed by atoms with Crippen molar-refractivity contribution in [3.8, 4) is 0 Å². The highest BCUT2D eigenvalue weighted by Gasteiger charge is 2.47. The topological polar surface area (TPSA) is 89.6 Å². The van der Waals surface area contributed by atoms with Crippen molar-refractivity contribution in [3.63, 3.8) is 0 Å². The first-order valence-electron chi connectivity index (χ1n) is 18.2. The van der Waals surface area contributed by atoms with Gasteiger partial charge >= 0.3 is 12.2 Å². The van der Waals surface area contributed by atoms with Crippen molar-refractivity contribution in [1.29, 1.82) is 0 Å². The molecule has 0 aromatic rings. The third-order valence-corrected chi connectivity index (χ3v) is 10.6. The summed E-state index contributed by atoms with van der Waals surface area (Å²) in [6.07, 6.45) is 1.45. The van der Waals surface area contributed by atoms with E-state index in [1.165, 1.54) is 0 Å². The molecule has 0 atom stereocenters. The predicted molar refractivity (Wildman–Crippen MR) is 181 cm³/mol. The average Bonchev–Trinajstić information content (AvgIpc) is 2.94. The van der Waals surface area contributed by atoms with E-state index in [0.29, 0.717) is 23.9 Å². The average molecular weight is 707 g/mol. The third-order valence-electron chi connectivity index (χ3n) is 10.6. The molecule has 0 bridgehead atoms. The summed E-state index contributed by atoms with van der Waals surface area (Å²) in [7, 11) is 0. The van der Waals surface area contributed by atoms with Crippen LogP contribution in [0.25, 0.3) is 0 Å². The highest BCUT2D eigenvalue weighted by atomic mass is 19.3. The lowest BCUT2D eigenvalue weighted by atomic mass is 9.72. The molecule has 2 amide bonds. The molecule has 0 aromatic heterocycles. The van der Waals surface area contributed by atoms with Gasteiger partial charge in [-0.2, -0.15) is 0 Å². The number of piperidine rings is 3. The largest absolute Gasteiger partial charge is 0.444 e. The second-order valence-corrected chi connectivity index (χ2v) is 17.4. The van der Waals surface area contributed by atoms with Crippen LogP contribution in [0.3, 0.4) is 0 Å². The van der Waals surface area contributed by atoms with Crippen LogP contribution in [0.1, 0.15) is 80.1 Å². The number of alkyl halides is 4. The van der Waals surface area contributed by atoms with Gasteiger partial charge in [0.1, 0.15) is 11.2 Å². The Hall–Kier alpha value is -1.90. The minimum Gasteiger partial charge on any atom is -0.444 e. The van der Waals surface area contributed by atoms with E-state index in [1.54, 1.807) is 9.80 Å². The van der Waals surface area contributed by atoms with Crippen LogP contribution in [-0.2, 0) is 9.47 Å². The summed E-state index contributed by atoms with van der Waals surface area (Å²) in [6, 6.07) is 0. The van der Waals surface area contributed by atoms with E-state index in [2.05, 4.69) is 10.6 Å². The Kier molecular flexibility index (Phi) is 13.2. The molecule has 6 heterocycles. The van der Waals surface area contributed by atoms with Gasteiger partial charge in [-0.3, -0.25) is 9.80 Å². The second-order valence-electron chi connectivity index (χ2n) is 17.4. The Balaban J connectivity index is 0.000000169. The number of carbonyl (C=O) groups excluding carboxylic acids is 2. The van der Waals surface area contributed by atoms with Gasteiger partial charge in [-0.1, -0.05) is 0 Å². The molecule has 6 rings (SSSR count). The lowest BCUT2D eigenvalue weighted by Gasteiger charge is -2.53. The van der Waals surface area contributed by atoms with Gasteiger partial charge in [-0.15, -0.1) is 0 Å². The first kappa shape index (κ1) is 39.9. The number of likely N-dealkylation sites (tertiary alicyclic amines) is 4. The van der Waals surface area contributed by atoms with Crippen molar-refractivity contribution < 1.29 is 36.6 Å². The van der Waals surface area contributed by atoms with Crippen LogP contribution >= 0.6 is 0 Å². The maximum atomic E-state index is 12.3. The van der Waals surface area contributed by atoms with E-state index < -0.39 is 18.5 Å². The van der Waals surface area contributed by atoms with E-state index in [0.717, 1.165) is 104 Å². The molecule has 3 spiro atoms. The minimum atomic E-state index is -2.26. The predicted octanol–water partition coefficient (Wildman–Crippen LogP) is 5.13. The quantitative estimate of drug-likeness (QED) is 0.390. The van der Waals surface area contributed by atoms with Crippen LogP contribution in [0.5, 0.6) is 0 Å². The Morgan fingerprint density at radius 1 is 0.592 bits per heavy atom. The fourth-order valence-electron chi connectivity index (χ4n) is 7.86. The zero-order valence-corrected chi connectivity index (χ0v) is 30.7. The molecule has 0 saturated carbocycles. The molecule has 10 nitrogen and oxygen atoms in total. The molecular weight excluding hydrogens is 644 g/mol. The van der Waals surface area contributed by atoms with Crippen LogP contribution in [-0.4, -0.2) is 147 Å². The Morgan fingerprint density at radius 2 is 0.939 bits per heavy atom. The van der Waals surface area contributed by atoms with Gasteiger partial charge in [0.25, 0.3) is 12.9 Å². The van der Waals surface area contributed by atoms with E-state index in [4.69, 9.17) is 9.47 Å². The summed E-state index contributed by atoms with van der Waals surface area (Å²) in [4.78, 5) is 31.0. The lowest BCUT2D eigenvalue weighted by Crippen LogP contribution is -2.61. The van der Waals surface area contributed by atoms with Gasteiger partial charge in [0.2, 0.25) is 0 Å². The number of rotatable bonds is 4. The molecule has 14 heteroatoms. The molecule has 49 heavy (non-hydrogen) atoms. The Labute approximate surface area is 290 Å². The number of nitrogens with zero attached hydrogens (tertiary/aromatic N) is 4. The van der Waals surface area contributed by atoms with Crippen LogP contribution in [0.4, 0.5) is 27.2 Å². The number of halogens is 4. The molecule has 6 fully saturated rings. The first-order valence-corrected chi connectivity index (χ1v) is 18.2. The summed E-state index contributed by atoms with van der Waals surface area (Å²) < 4.78 is 59.3. The summed E-state index contributed by atoms with van der Waals surface area (Å²) in [5, 5.41) is 6.62. The van der Waals surface area contributed by atoms with Crippen molar-refractivity contribution in [2.24, 2.45) is 16.2 Å². The molecule has 284 valence electrons. The highest BCUT2D eigenvalue weighted by molar-refractivity contribution is 5.68. The molecule has 0 radical (unpaired) electrons. The van der Waals surface area contributed by atoms with Crippen molar-refractivity contribution in [3.05, 3.63) is 0 Å². The fraction of sp³-hybridized carbons (Fsp3) is 0.943. The summed E-state index contributed by atoms with van der Waals surface area (Å²) in [6.45, 7) is 21.7. The minimum absolute atomic E-state index is 0.0326. The van der Waals surface area contributed by atoms with Gasteiger partial charge in [0, 0.05) is 65.4 Å². The van der Waals surface area contributed by atoms with Gasteiger partial charge < -0.3 is 29.9 Å². The number of ether oxygens (including phenoxy) is 2. The number of hydrogen-bond donors (Lipinski definition) is 2. The third kappa shape index (κ3) is 12.1. The first-order chi connectivity index (χ1) is 22.8. The van der Waals surface area contributed by atoms with Crippen LogP contribution in [0, 0.1) is 16.2 Å². The van der Waals surface area contributed by atoms with Gasteiger partial charge in [0.15, 0.2) is 0 Å². The molecule has 0 aromatic carbocycles. The van der Waals surface area contributed by atoms with Crippen LogP contribution in [0.15, 0.2) is 0 Å².